The van der Waals surface area contributed by atoms with Crippen LogP contribution >= 0.6 is 0 Å². The lowest BCUT2D eigenvalue weighted by molar-refractivity contribution is -0.111. The molecule has 0 spiro atoms. The highest BCUT2D eigenvalue weighted by Gasteiger charge is 2.15. The predicted molar refractivity (Wildman–Crippen MR) is 71.7 cm³/mol. The Balaban J connectivity index is 2.52. The summed E-state index contributed by atoms with van der Waals surface area (Å²) < 4.78 is 10.9. The summed E-state index contributed by atoms with van der Waals surface area (Å²) in [5, 5.41) is 0. The number of benzene rings is 1. The number of hydrogen-bond acceptors (Lipinski definition) is 3. The van der Waals surface area contributed by atoms with Crippen LogP contribution in [0.3, 0.4) is 0 Å². The maximum Gasteiger partial charge on any atom is 0.122 e. The highest BCUT2D eigenvalue weighted by molar-refractivity contribution is 5.50. The number of ether oxygens (including phenoxy) is 2. The summed E-state index contributed by atoms with van der Waals surface area (Å²) >= 11 is 0. The van der Waals surface area contributed by atoms with Crippen molar-refractivity contribution >= 4 is 6.29 Å². The molecule has 1 aromatic carbocycles. The van der Waals surface area contributed by atoms with Gasteiger partial charge in [0, 0.05) is 6.42 Å². The minimum atomic E-state index is 0.00889. The molecule has 18 heavy (non-hydrogen) atoms. The van der Waals surface area contributed by atoms with E-state index in [-0.39, 0.29) is 6.10 Å². The Morgan fingerprint density at radius 2 is 1.94 bits per heavy atom. The molecule has 0 bridgehead atoms. The zero-order chi connectivity index (χ0) is 13.4. The second-order valence-electron chi connectivity index (χ2n) is 4.49. The Bertz CT molecular complexity index is 345. The standard InChI is InChI=1S/C15H22O3/c1-4-12(2)15(9-10-16)18-11-13-5-7-14(17-3)8-6-13/h5-8,10,12,15H,4,9,11H2,1-3H3/t12-,15+/m0/s1. The van der Waals surface area contributed by atoms with Gasteiger partial charge in [0.2, 0.25) is 0 Å². The molecule has 3 heteroatoms. The molecular formula is C15H22O3. The van der Waals surface area contributed by atoms with Crippen molar-refractivity contribution in [1.82, 2.24) is 0 Å². The lowest BCUT2D eigenvalue weighted by Gasteiger charge is -2.21. The van der Waals surface area contributed by atoms with E-state index in [1.165, 1.54) is 0 Å². The molecule has 0 fully saturated rings. The van der Waals surface area contributed by atoms with Crippen LogP contribution in [-0.2, 0) is 16.1 Å². The van der Waals surface area contributed by atoms with E-state index in [0.717, 1.165) is 24.0 Å². The highest BCUT2D eigenvalue weighted by Crippen LogP contribution is 2.17. The van der Waals surface area contributed by atoms with E-state index in [1.54, 1.807) is 7.11 Å². The third kappa shape index (κ3) is 4.49. The summed E-state index contributed by atoms with van der Waals surface area (Å²) in [5.41, 5.74) is 1.09. The quantitative estimate of drug-likeness (QED) is 0.665. The fraction of sp³-hybridized carbons (Fsp3) is 0.533. The maximum absolute atomic E-state index is 10.6. The van der Waals surface area contributed by atoms with Crippen LogP contribution in [-0.4, -0.2) is 19.5 Å². The molecule has 3 nitrogen and oxygen atoms in total. The number of hydrogen-bond donors (Lipinski definition) is 0. The molecule has 0 radical (unpaired) electrons. The van der Waals surface area contributed by atoms with E-state index >= 15 is 0 Å². The van der Waals surface area contributed by atoms with Gasteiger partial charge in [-0.25, -0.2) is 0 Å². The normalized spacial score (nSPS) is 13.9. The Hall–Kier alpha value is -1.35. The molecule has 0 heterocycles. The highest BCUT2D eigenvalue weighted by atomic mass is 16.5. The molecule has 1 aromatic rings. The Morgan fingerprint density at radius 1 is 1.28 bits per heavy atom. The third-order valence-corrected chi connectivity index (χ3v) is 3.23. The first kappa shape index (κ1) is 14.7. The monoisotopic (exact) mass is 250 g/mol. The van der Waals surface area contributed by atoms with Crippen molar-refractivity contribution in [2.75, 3.05) is 7.11 Å². The van der Waals surface area contributed by atoms with Crippen molar-refractivity contribution in [2.24, 2.45) is 5.92 Å². The van der Waals surface area contributed by atoms with Gasteiger partial charge in [-0.2, -0.15) is 0 Å². The molecule has 100 valence electrons. The average Bonchev–Trinajstić information content (AvgIpc) is 2.43. The summed E-state index contributed by atoms with van der Waals surface area (Å²) in [5.74, 6) is 1.23. The van der Waals surface area contributed by atoms with Gasteiger partial charge in [0.15, 0.2) is 0 Å². The van der Waals surface area contributed by atoms with Gasteiger partial charge >= 0.3 is 0 Å². The van der Waals surface area contributed by atoms with Crippen molar-refractivity contribution in [3.05, 3.63) is 29.8 Å². The Kier molecular flexibility index (Phi) is 6.44. The predicted octanol–water partition coefficient (Wildman–Crippen LogP) is 3.22. The van der Waals surface area contributed by atoms with Crippen molar-refractivity contribution in [2.45, 2.75) is 39.4 Å². The summed E-state index contributed by atoms with van der Waals surface area (Å²) in [4.78, 5) is 10.6. The van der Waals surface area contributed by atoms with E-state index in [9.17, 15) is 4.79 Å². The fourth-order valence-electron chi connectivity index (χ4n) is 1.75. The van der Waals surface area contributed by atoms with Crippen molar-refractivity contribution in [3.8, 4) is 5.75 Å². The van der Waals surface area contributed by atoms with Crippen LogP contribution in [0.2, 0.25) is 0 Å². The second kappa shape index (κ2) is 7.88. The zero-order valence-electron chi connectivity index (χ0n) is 11.4. The molecule has 0 aliphatic heterocycles. The molecule has 0 unspecified atom stereocenters. The number of methoxy groups -OCH3 is 1. The van der Waals surface area contributed by atoms with Crippen LogP contribution in [0.5, 0.6) is 5.75 Å². The van der Waals surface area contributed by atoms with Gasteiger partial charge in [-0.15, -0.1) is 0 Å². The smallest absolute Gasteiger partial charge is 0.122 e. The summed E-state index contributed by atoms with van der Waals surface area (Å²) in [6.45, 7) is 4.76. The molecule has 0 aliphatic carbocycles. The van der Waals surface area contributed by atoms with Crippen LogP contribution in [0.15, 0.2) is 24.3 Å². The minimum Gasteiger partial charge on any atom is -0.497 e. The largest absolute Gasteiger partial charge is 0.497 e. The number of carbonyl (C=O) groups is 1. The van der Waals surface area contributed by atoms with Gasteiger partial charge < -0.3 is 14.3 Å². The van der Waals surface area contributed by atoms with Crippen molar-refractivity contribution < 1.29 is 14.3 Å². The molecule has 0 saturated carbocycles. The molecule has 0 aliphatic rings. The SMILES string of the molecule is CC[C@H](C)[C@@H](CC=O)OCc1ccc(OC)cc1. The van der Waals surface area contributed by atoms with E-state index in [1.807, 2.05) is 24.3 Å². The third-order valence-electron chi connectivity index (χ3n) is 3.23. The fourth-order valence-corrected chi connectivity index (χ4v) is 1.75. The first-order chi connectivity index (χ1) is 8.71. The molecule has 2 atom stereocenters. The number of carbonyl (C=O) groups excluding carboxylic acids is 1. The summed E-state index contributed by atoms with van der Waals surface area (Å²) in [7, 11) is 1.65. The topological polar surface area (TPSA) is 35.5 Å². The van der Waals surface area contributed by atoms with Gasteiger partial charge in [0.25, 0.3) is 0 Å². The van der Waals surface area contributed by atoms with Crippen LogP contribution in [0.1, 0.15) is 32.3 Å². The van der Waals surface area contributed by atoms with Gasteiger partial charge in [-0.05, 0) is 23.6 Å². The number of rotatable bonds is 8. The first-order valence-electron chi connectivity index (χ1n) is 6.39. The lowest BCUT2D eigenvalue weighted by Crippen LogP contribution is -2.21. The van der Waals surface area contributed by atoms with Crippen LogP contribution in [0.4, 0.5) is 0 Å². The first-order valence-corrected chi connectivity index (χ1v) is 6.39. The number of aldehydes is 1. The van der Waals surface area contributed by atoms with E-state index in [0.29, 0.717) is 18.9 Å². The van der Waals surface area contributed by atoms with Crippen molar-refractivity contribution in [3.63, 3.8) is 0 Å². The summed E-state index contributed by atoms with van der Waals surface area (Å²) in [6, 6.07) is 7.79. The van der Waals surface area contributed by atoms with E-state index < -0.39 is 0 Å². The van der Waals surface area contributed by atoms with Gasteiger partial charge in [0.05, 0.1) is 19.8 Å². The molecule has 0 amide bonds. The van der Waals surface area contributed by atoms with Gasteiger partial charge in [-0.3, -0.25) is 0 Å². The van der Waals surface area contributed by atoms with Crippen LogP contribution in [0.25, 0.3) is 0 Å². The molecule has 0 N–H and O–H groups in total. The van der Waals surface area contributed by atoms with Gasteiger partial charge in [0.1, 0.15) is 12.0 Å². The lowest BCUT2D eigenvalue weighted by atomic mass is 9.99. The minimum absolute atomic E-state index is 0.00889. The Morgan fingerprint density at radius 3 is 2.44 bits per heavy atom. The van der Waals surface area contributed by atoms with Crippen molar-refractivity contribution in [1.29, 1.82) is 0 Å². The molecule has 0 aromatic heterocycles. The van der Waals surface area contributed by atoms with Crippen LogP contribution < -0.4 is 4.74 Å². The van der Waals surface area contributed by atoms with Crippen LogP contribution in [0, 0.1) is 5.92 Å². The average molecular weight is 250 g/mol. The van der Waals surface area contributed by atoms with Gasteiger partial charge in [-0.1, -0.05) is 32.4 Å². The second-order valence-corrected chi connectivity index (χ2v) is 4.49. The maximum atomic E-state index is 10.6. The molecule has 1 rings (SSSR count). The van der Waals surface area contributed by atoms with E-state index in [2.05, 4.69) is 13.8 Å². The Labute approximate surface area is 109 Å². The van der Waals surface area contributed by atoms with E-state index in [4.69, 9.17) is 9.47 Å². The summed E-state index contributed by atoms with van der Waals surface area (Å²) in [6.07, 6.45) is 2.42. The zero-order valence-corrected chi connectivity index (χ0v) is 11.4. The molecule has 0 saturated heterocycles. The molecular weight excluding hydrogens is 228 g/mol.